The fourth-order valence-electron chi connectivity index (χ4n) is 1.84. The molecule has 1 aliphatic heterocycles. The average molecular weight is 250 g/mol. The number of para-hydroxylation sites is 2. The summed E-state index contributed by atoms with van der Waals surface area (Å²) in [5, 5.41) is 0. The maximum atomic E-state index is 11.9. The number of rotatable bonds is 3. The van der Waals surface area contributed by atoms with E-state index in [-0.39, 0.29) is 12.5 Å². The second kappa shape index (κ2) is 6.26. The molecule has 0 aliphatic carbocycles. The molecular formula is C13H18N2O3. The number of carbonyl (C=O) groups excluding carboxylic acids is 1. The SMILES string of the molecule is Nc1ccccc1OCC(=O)N1CCCOCC1. The Morgan fingerprint density at radius 2 is 2.17 bits per heavy atom. The minimum absolute atomic E-state index is 0.0220. The largest absolute Gasteiger partial charge is 0.482 e. The smallest absolute Gasteiger partial charge is 0.260 e. The van der Waals surface area contributed by atoms with Gasteiger partial charge in [0.1, 0.15) is 5.75 Å². The van der Waals surface area contributed by atoms with Crippen LogP contribution >= 0.6 is 0 Å². The molecule has 0 saturated carbocycles. The first kappa shape index (κ1) is 12.7. The van der Waals surface area contributed by atoms with E-state index in [2.05, 4.69) is 0 Å². The highest BCUT2D eigenvalue weighted by molar-refractivity contribution is 5.78. The van der Waals surface area contributed by atoms with Crippen LogP contribution in [0.1, 0.15) is 6.42 Å². The lowest BCUT2D eigenvalue weighted by Crippen LogP contribution is -2.36. The summed E-state index contributed by atoms with van der Waals surface area (Å²) in [5.74, 6) is 0.528. The third-order valence-corrected chi connectivity index (χ3v) is 2.85. The highest BCUT2D eigenvalue weighted by Crippen LogP contribution is 2.19. The molecule has 0 bridgehead atoms. The first-order valence-corrected chi connectivity index (χ1v) is 6.10. The van der Waals surface area contributed by atoms with E-state index in [9.17, 15) is 4.79 Å². The number of nitrogen functional groups attached to an aromatic ring is 1. The molecule has 0 unspecified atom stereocenters. The van der Waals surface area contributed by atoms with Crippen LogP contribution in [-0.2, 0) is 9.53 Å². The molecule has 1 aromatic carbocycles. The Labute approximate surface area is 106 Å². The van der Waals surface area contributed by atoms with Gasteiger partial charge in [0.2, 0.25) is 0 Å². The molecule has 1 fully saturated rings. The molecule has 5 nitrogen and oxygen atoms in total. The molecule has 1 amide bonds. The van der Waals surface area contributed by atoms with Crippen LogP contribution in [0.3, 0.4) is 0 Å². The Kier molecular flexibility index (Phi) is 4.41. The average Bonchev–Trinajstić information content (AvgIpc) is 2.66. The third-order valence-electron chi connectivity index (χ3n) is 2.85. The van der Waals surface area contributed by atoms with Crippen molar-refractivity contribution >= 4 is 11.6 Å². The molecular weight excluding hydrogens is 232 g/mol. The second-order valence-corrected chi connectivity index (χ2v) is 4.17. The molecule has 18 heavy (non-hydrogen) atoms. The van der Waals surface area contributed by atoms with E-state index in [0.717, 1.165) is 19.6 Å². The zero-order valence-electron chi connectivity index (χ0n) is 10.3. The summed E-state index contributed by atoms with van der Waals surface area (Å²) in [6, 6.07) is 7.17. The van der Waals surface area contributed by atoms with Gasteiger partial charge in [0, 0.05) is 19.7 Å². The van der Waals surface area contributed by atoms with E-state index in [4.69, 9.17) is 15.2 Å². The van der Waals surface area contributed by atoms with E-state index < -0.39 is 0 Å². The zero-order chi connectivity index (χ0) is 12.8. The normalized spacial score (nSPS) is 16.1. The molecule has 0 spiro atoms. The molecule has 2 N–H and O–H groups in total. The van der Waals surface area contributed by atoms with Crippen molar-refractivity contribution in [2.24, 2.45) is 0 Å². The molecule has 0 aromatic heterocycles. The Balaban J connectivity index is 1.86. The summed E-state index contributed by atoms with van der Waals surface area (Å²) in [5.41, 5.74) is 6.29. The van der Waals surface area contributed by atoms with E-state index in [1.54, 1.807) is 17.0 Å². The van der Waals surface area contributed by atoms with E-state index in [1.807, 2.05) is 12.1 Å². The van der Waals surface area contributed by atoms with Crippen LogP contribution in [0.4, 0.5) is 5.69 Å². The predicted octanol–water partition coefficient (Wildman–Crippen LogP) is 0.896. The van der Waals surface area contributed by atoms with Gasteiger partial charge in [-0.05, 0) is 18.6 Å². The Bertz CT molecular complexity index is 401. The molecule has 98 valence electrons. The Morgan fingerprint density at radius 1 is 1.33 bits per heavy atom. The van der Waals surface area contributed by atoms with Crippen molar-refractivity contribution in [2.75, 3.05) is 38.6 Å². The van der Waals surface area contributed by atoms with Crippen molar-refractivity contribution < 1.29 is 14.3 Å². The van der Waals surface area contributed by atoms with Crippen LogP contribution in [0, 0.1) is 0 Å². The number of amides is 1. The van der Waals surface area contributed by atoms with Gasteiger partial charge in [-0.3, -0.25) is 4.79 Å². The summed E-state index contributed by atoms with van der Waals surface area (Å²) in [6.45, 7) is 2.70. The Morgan fingerprint density at radius 3 is 3.00 bits per heavy atom. The molecule has 2 rings (SSSR count). The van der Waals surface area contributed by atoms with Gasteiger partial charge >= 0.3 is 0 Å². The van der Waals surface area contributed by atoms with Crippen molar-refractivity contribution in [1.82, 2.24) is 4.90 Å². The van der Waals surface area contributed by atoms with Crippen molar-refractivity contribution in [3.05, 3.63) is 24.3 Å². The number of anilines is 1. The predicted molar refractivity (Wildman–Crippen MR) is 68.4 cm³/mol. The first-order valence-electron chi connectivity index (χ1n) is 6.10. The van der Waals surface area contributed by atoms with Crippen LogP contribution in [0.15, 0.2) is 24.3 Å². The summed E-state index contributed by atoms with van der Waals surface area (Å²) in [7, 11) is 0. The number of carbonyl (C=O) groups is 1. The lowest BCUT2D eigenvalue weighted by Gasteiger charge is -2.19. The zero-order valence-corrected chi connectivity index (χ0v) is 10.3. The Hall–Kier alpha value is -1.75. The number of benzene rings is 1. The van der Waals surface area contributed by atoms with Gasteiger partial charge in [0.25, 0.3) is 5.91 Å². The minimum Gasteiger partial charge on any atom is -0.482 e. The van der Waals surface area contributed by atoms with Crippen LogP contribution < -0.4 is 10.5 Å². The third kappa shape index (κ3) is 3.37. The van der Waals surface area contributed by atoms with Gasteiger partial charge < -0.3 is 20.1 Å². The van der Waals surface area contributed by atoms with Gasteiger partial charge in [-0.15, -0.1) is 0 Å². The lowest BCUT2D eigenvalue weighted by atomic mass is 10.3. The van der Waals surface area contributed by atoms with Crippen molar-refractivity contribution in [1.29, 1.82) is 0 Å². The quantitative estimate of drug-likeness (QED) is 0.809. The monoisotopic (exact) mass is 250 g/mol. The van der Waals surface area contributed by atoms with Crippen LogP contribution in [0.5, 0.6) is 5.75 Å². The van der Waals surface area contributed by atoms with Crippen molar-refractivity contribution in [3.8, 4) is 5.75 Å². The van der Waals surface area contributed by atoms with Crippen LogP contribution in [0.25, 0.3) is 0 Å². The van der Waals surface area contributed by atoms with E-state index in [0.29, 0.717) is 24.6 Å². The van der Waals surface area contributed by atoms with Gasteiger partial charge in [-0.25, -0.2) is 0 Å². The molecule has 5 heteroatoms. The standard InChI is InChI=1S/C13H18N2O3/c14-11-4-1-2-5-12(11)18-10-13(16)15-6-3-8-17-9-7-15/h1-2,4-5H,3,6-10,14H2. The maximum absolute atomic E-state index is 11.9. The molecule has 1 aliphatic rings. The fourth-order valence-corrected chi connectivity index (χ4v) is 1.84. The van der Waals surface area contributed by atoms with Crippen LogP contribution in [0.2, 0.25) is 0 Å². The minimum atomic E-state index is -0.0243. The second-order valence-electron chi connectivity index (χ2n) is 4.17. The topological polar surface area (TPSA) is 64.8 Å². The van der Waals surface area contributed by atoms with E-state index >= 15 is 0 Å². The highest BCUT2D eigenvalue weighted by atomic mass is 16.5. The van der Waals surface area contributed by atoms with Gasteiger partial charge in [-0.2, -0.15) is 0 Å². The number of hydrogen-bond donors (Lipinski definition) is 1. The number of hydrogen-bond acceptors (Lipinski definition) is 4. The van der Waals surface area contributed by atoms with Gasteiger partial charge in [-0.1, -0.05) is 12.1 Å². The van der Waals surface area contributed by atoms with Crippen molar-refractivity contribution in [2.45, 2.75) is 6.42 Å². The number of nitrogens with zero attached hydrogens (tertiary/aromatic N) is 1. The molecule has 0 radical (unpaired) electrons. The van der Waals surface area contributed by atoms with Crippen LogP contribution in [-0.4, -0.2) is 43.7 Å². The summed E-state index contributed by atoms with van der Waals surface area (Å²) < 4.78 is 10.7. The first-order chi connectivity index (χ1) is 8.77. The van der Waals surface area contributed by atoms with Crippen molar-refractivity contribution in [3.63, 3.8) is 0 Å². The molecule has 1 saturated heterocycles. The lowest BCUT2D eigenvalue weighted by molar-refractivity contribution is -0.133. The van der Waals surface area contributed by atoms with E-state index in [1.165, 1.54) is 0 Å². The maximum Gasteiger partial charge on any atom is 0.260 e. The number of nitrogens with two attached hydrogens (primary N) is 1. The summed E-state index contributed by atoms with van der Waals surface area (Å²) in [4.78, 5) is 13.7. The molecule has 1 aromatic rings. The van der Waals surface area contributed by atoms with Gasteiger partial charge in [0.05, 0.1) is 12.3 Å². The number of ether oxygens (including phenoxy) is 2. The highest BCUT2D eigenvalue weighted by Gasteiger charge is 2.16. The molecule has 1 heterocycles. The summed E-state index contributed by atoms with van der Waals surface area (Å²) in [6.07, 6.45) is 0.874. The molecule has 0 atom stereocenters. The summed E-state index contributed by atoms with van der Waals surface area (Å²) >= 11 is 0. The fraction of sp³-hybridized carbons (Fsp3) is 0.462. The van der Waals surface area contributed by atoms with Gasteiger partial charge in [0.15, 0.2) is 6.61 Å².